The maximum absolute atomic E-state index is 11.7. The van der Waals surface area contributed by atoms with Crippen LogP contribution in [0.25, 0.3) is 0 Å². The Kier molecular flexibility index (Phi) is 3.79. The molecule has 0 aliphatic heterocycles. The number of hydrogen-bond donors (Lipinski definition) is 2. The minimum Gasteiger partial charge on any atom is -0.325 e. The summed E-state index contributed by atoms with van der Waals surface area (Å²) in [6.45, 7) is 2.60. The van der Waals surface area contributed by atoms with E-state index in [9.17, 15) is 4.79 Å². The van der Waals surface area contributed by atoms with E-state index in [-0.39, 0.29) is 11.4 Å². The van der Waals surface area contributed by atoms with Gasteiger partial charge in [0, 0.05) is 11.2 Å². The molecule has 2 rings (SSSR count). The van der Waals surface area contributed by atoms with Crippen LogP contribution in [0.2, 0.25) is 0 Å². The minimum atomic E-state index is 0.0318. The maximum atomic E-state index is 11.7. The largest absolute Gasteiger partial charge is 0.325 e. The summed E-state index contributed by atoms with van der Waals surface area (Å²) in [5, 5.41) is 6.25. The molecule has 3 heteroatoms. The topological polar surface area (TPSA) is 41.1 Å². The lowest BCUT2D eigenvalue weighted by atomic mass is 10.0. The van der Waals surface area contributed by atoms with Crippen LogP contribution >= 0.6 is 0 Å². The summed E-state index contributed by atoms with van der Waals surface area (Å²) in [6, 6.07) is 9.57. The molecule has 1 amide bonds. The number of nitrogens with one attached hydrogen (secondary N) is 2. The maximum Gasteiger partial charge on any atom is 0.238 e. The summed E-state index contributed by atoms with van der Waals surface area (Å²) in [6.07, 6.45) is 4.88. The molecule has 0 heterocycles. The van der Waals surface area contributed by atoms with Gasteiger partial charge < -0.3 is 10.6 Å². The molecule has 0 radical (unpaired) electrons. The molecule has 0 bridgehead atoms. The zero-order valence-corrected chi connectivity index (χ0v) is 10.3. The van der Waals surface area contributed by atoms with Gasteiger partial charge in [-0.25, -0.2) is 0 Å². The van der Waals surface area contributed by atoms with Gasteiger partial charge in [-0.3, -0.25) is 4.79 Å². The van der Waals surface area contributed by atoms with Crippen molar-refractivity contribution in [2.75, 3.05) is 11.9 Å². The fourth-order valence-electron chi connectivity index (χ4n) is 2.35. The van der Waals surface area contributed by atoms with Crippen LogP contribution in [0.15, 0.2) is 30.3 Å². The molecule has 0 saturated heterocycles. The highest BCUT2D eigenvalue weighted by Gasteiger charge is 2.28. The van der Waals surface area contributed by atoms with Gasteiger partial charge in [-0.2, -0.15) is 0 Å². The number of para-hydroxylation sites is 1. The van der Waals surface area contributed by atoms with Crippen molar-refractivity contribution in [2.45, 2.75) is 38.1 Å². The quantitative estimate of drug-likeness (QED) is 0.837. The summed E-state index contributed by atoms with van der Waals surface area (Å²) >= 11 is 0. The average molecular weight is 232 g/mol. The first kappa shape index (κ1) is 12.1. The second-order valence-electron chi connectivity index (χ2n) is 5.04. The second kappa shape index (κ2) is 5.32. The Morgan fingerprint density at radius 3 is 2.53 bits per heavy atom. The normalized spacial score (nSPS) is 17.9. The van der Waals surface area contributed by atoms with Crippen LogP contribution in [-0.2, 0) is 4.79 Å². The third-order valence-electron chi connectivity index (χ3n) is 3.44. The van der Waals surface area contributed by atoms with Crippen LogP contribution in [0.1, 0.15) is 32.6 Å². The third-order valence-corrected chi connectivity index (χ3v) is 3.44. The fraction of sp³-hybridized carbons (Fsp3) is 0.500. The van der Waals surface area contributed by atoms with Gasteiger partial charge in [-0.05, 0) is 31.9 Å². The third kappa shape index (κ3) is 3.56. The first-order chi connectivity index (χ1) is 8.18. The first-order valence-electron chi connectivity index (χ1n) is 6.28. The van der Waals surface area contributed by atoms with E-state index in [2.05, 4.69) is 17.6 Å². The van der Waals surface area contributed by atoms with Crippen molar-refractivity contribution in [2.24, 2.45) is 0 Å². The van der Waals surface area contributed by atoms with Gasteiger partial charge in [-0.15, -0.1) is 0 Å². The molecule has 1 saturated carbocycles. The van der Waals surface area contributed by atoms with Crippen LogP contribution < -0.4 is 10.6 Å². The zero-order valence-electron chi connectivity index (χ0n) is 10.3. The fourth-order valence-corrected chi connectivity index (χ4v) is 2.35. The van der Waals surface area contributed by atoms with Gasteiger partial charge in [0.1, 0.15) is 0 Å². The smallest absolute Gasteiger partial charge is 0.238 e. The van der Waals surface area contributed by atoms with E-state index in [0.717, 1.165) is 5.69 Å². The Morgan fingerprint density at radius 2 is 1.88 bits per heavy atom. The number of amides is 1. The molecular weight excluding hydrogens is 212 g/mol. The van der Waals surface area contributed by atoms with Crippen molar-refractivity contribution in [1.29, 1.82) is 0 Å². The number of carbonyl (C=O) groups is 1. The summed E-state index contributed by atoms with van der Waals surface area (Å²) in [7, 11) is 0. The summed E-state index contributed by atoms with van der Waals surface area (Å²) < 4.78 is 0. The molecule has 0 atom stereocenters. The van der Waals surface area contributed by atoms with Crippen molar-refractivity contribution < 1.29 is 4.79 Å². The van der Waals surface area contributed by atoms with Crippen molar-refractivity contribution >= 4 is 11.6 Å². The molecule has 3 nitrogen and oxygen atoms in total. The van der Waals surface area contributed by atoms with Gasteiger partial charge in [0.2, 0.25) is 5.91 Å². The van der Waals surface area contributed by atoms with E-state index in [1.54, 1.807) is 0 Å². The molecule has 1 fully saturated rings. The predicted octanol–water partition coefficient (Wildman–Crippen LogP) is 2.55. The molecule has 1 aliphatic rings. The van der Waals surface area contributed by atoms with Crippen molar-refractivity contribution in [1.82, 2.24) is 5.32 Å². The lowest BCUT2D eigenvalue weighted by Crippen LogP contribution is -2.43. The van der Waals surface area contributed by atoms with E-state index < -0.39 is 0 Å². The van der Waals surface area contributed by atoms with Gasteiger partial charge in [0.05, 0.1) is 6.54 Å². The summed E-state index contributed by atoms with van der Waals surface area (Å²) in [5.41, 5.74) is 1.02. The van der Waals surface area contributed by atoms with Gasteiger partial charge >= 0.3 is 0 Å². The summed E-state index contributed by atoms with van der Waals surface area (Å²) in [5.74, 6) is 0.0318. The van der Waals surface area contributed by atoms with E-state index in [1.807, 2.05) is 30.3 Å². The van der Waals surface area contributed by atoms with E-state index in [4.69, 9.17) is 0 Å². The average Bonchev–Trinajstić information content (AvgIpc) is 2.76. The molecule has 0 unspecified atom stereocenters. The van der Waals surface area contributed by atoms with E-state index >= 15 is 0 Å². The standard InChI is InChI=1S/C14H20N2O/c1-14(9-5-6-10-14)15-11-13(17)16-12-7-3-2-4-8-12/h2-4,7-8,15H,5-6,9-11H2,1H3,(H,16,17). The SMILES string of the molecule is CC1(NCC(=O)Nc2ccccc2)CCCC1. The highest BCUT2D eigenvalue weighted by molar-refractivity contribution is 5.92. The predicted molar refractivity (Wildman–Crippen MR) is 69.9 cm³/mol. The van der Waals surface area contributed by atoms with Crippen molar-refractivity contribution in [3.63, 3.8) is 0 Å². The molecule has 1 aliphatic carbocycles. The lowest BCUT2D eigenvalue weighted by molar-refractivity contribution is -0.115. The van der Waals surface area contributed by atoms with Crippen LogP contribution in [-0.4, -0.2) is 18.0 Å². The number of carbonyl (C=O) groups excluding carboxylic acids is 1. The number of hydrogen-bond acceptors (Lipinski definition) is 2. The Balaban J connectivity index is 1.78. The molecule has 2 N–H and O–H groups in total. The first-order valence-corrected chi connectivity index (χ1v) is 6.28. The highest BCUT2D eigenvalue weighted by Crippen LogP contribution is 2.28. The lowest BCUT2D eigenvalue weighted by Gasteiger charge is -2.24. The van der Waals surface area contributed by atoms with Gasteiger partial charge in [0.15, 0.2) is 0 Å². The molecular formula is C14H20N2O. The Bertz CT molecular complexity index is 369. The van der Waals surface area contributed by atoms with Crippen molar-refractivity contribution in [3.8, 4) is 0 Å². The monoisotopic (exact) mass is 232 g/mol. The molecule has 0 aromatic heterocycles. The highest BCUT2D eigenvalue weighted by atomic mass is 16.1. The Labute approximate surface area is 103 Å². The van der Waals surface area contributed by atoms with Crippen LogP contribution in [0.3, 0.4) is 0 Å². The number of anilines is 1. The summed E-state index contributed by atoms with van der Waals surface area (Å²) in [4.78, 5) is 11.7. The Hall–Kier alpha value is -1.35. The molecule has 0 spiro atoms. The Morgan fingerprint density at radius 1 is 1.24 bits per heavy atom. The zero-order chi connectivity index (χ0) is 12.1. The molecule has 1 aromatic carbocycles. The van der Waals surface area contributed by atoms with Gasteiger partial charge in [-0.1, -0.05) is 31.0 Å². The van der Waals surface area contributed by atoms with E-state index in [1.165, 1.54) is 25.7 Å². The molecule has 92 valence electrons. The van der Waals surface area contributed by atoms with Crippen molar-refractivity contribution in [3.05, 3.63) is 30.3 Å². The second-order valence-corrected chi connectivity index (χ2v) is 5.04. The number of benzene rings is 1. The van der Waals surface area contributed by atoms with Crippen LogP contribution in [0.5, 0.6) is 0 Å². The minimum absolute atomic E-state index is 0.0318. The van der Waals surface area contributed by atoms with Crippen LogP contribution in [0, 0.1) is 0 Å². The van der Waals surface area contributed by atoms with Gasteiger partial charge in [0.25, 0.3) is 0 Å². The van der Waals surface area contributed by atoms with E-state index in [0.29, 0.717) is 6.54 Å². The molecule has 17 heavy (non-hydrogen) atoms. The molecule has 1 aromatic rings. The number of rotatable bonds is 4. The van der Waals surface area contributed by atoms with Crippen LogP contribution in [0.4, 0.5) is 5.69 Å².